The number of nitrogens with one attached hydrogen (secondary N) is 2. The molecule has 3 heterocycles. The van der Waals surface area contributed by atoms with E-state index in [0.717, 1.165) is 25.2 Å². The highest BCUT2D eigenvalue weighted by Gasteiger charge is 2.21. The molecule has 0 radical (unpaired) electrons. The van der Waals surface area contributed by atoms with Gasteiger partial charge in [0.2, 0.25) is 5.82 Å². The molecule has 8 heteroatoms. The molecule has 3 aromatic rings. The van der Waals surface area contributed by atoms with Crippen LogP contribution in [0.3, 0.4) is 0 Å². The fraction of sp³-hybridized carbons (Fsp3) is 0.312. The first-order valence-electron chi connectivity index (χ1n) is 7.76. The number of para-hydroxylation sites is 1. The van der Waals surface area contributed by atoms with Gasteiger partial charge in [-0.25, -0.2) is 4.39 Å². The van der Waals surface area contributed by atoms with Crippen LogP contribution in [0.1, 0.15) is 23.9 Å². The molecular weight excluding hydrogens is 313 g/mol. The fourth-order valence-corrected chi connectivity index (χ4v) is 2.70. The normalized spacial score (nSPS) is 17.3. The van der Waals surface area contributed by atoms with Gasteiger partial charge in [0.25, 0.3) is 5.89 Å². The van der Waals surface area contributed by atoms with E-state index in [1.165, 1.54) is 6.07 Å². The Kier molecular flexibility index (Phi) is 3.96. The van der Waals surface area contributed by atoms with Gasteiger partial charge in [-0.1, -0.05) is 17.3 Å². The van der Waals surface area contributed by atoms with Crippen LogP contribution in [-0.2, 0) is 6.61 Å². The lowest BCUT2D eigenvalue weighted by molar-refractivity contribution is 0.274. The number of aromatic amines is 1. The first kappa shape index (κ1) is 14.8. The Morgan fingerprint density at radius 2 is 2.25 bits per heavy atom. The van der Waals surface area contributed by atoms with Gasteiger partial charge in [0, 0.05) is 18.2 Å². The van der Waals surface area contributed by atoms with Crippen LogP contribution in [0.5, 0.6) is 5.75 Å². The average Bonchev–Trinajstić information content (AvgIpc) is 3.33. The predicted molar refractivity (Wildman–Crippen MR) is 82.8 cm³/mol. The quantitative estimate of drug-likeness (QED) is 0.746. The van der Waals surface area contributed by atoms with Gasteiger partial charge < -0.3 is 14.6 Å². The Labute approximate surface area is 137 Å². The zero-order chi connectivity index (χ0) is 16.4. The summed E-state index contributed by atoms with van der Waals surface area (Å²) in [5.41, 5.74) is 1.65. The van der Waals surface area contributed by atoms with Gasteiger partial charge in [-0.2, -0.15) is 10.1 Å². The summed E-state index contributed by atoms with van der Waals surface area (Å²) in [6, 6.07) is 8.10. The van der Waals surface area contributed by atoms with Crippen molar-refractivity contribution < 1.29 is 13.7 Å². The van der Waals surface area contributed by atoms with E-state index in [2.05, 4.69) is 25.7 Å². The second kappa shape index (κ2) is 6.40. The molecule has 1 aromatic carbocycles. The molecule has 2 aromatic heterocycles. The molecule has 0 spiro atoms. The number of hydrogen-bond donors (Lipinski definition) is 2. The third-order valence-electron chi connectivity index (χ3n) is 3.98. The topological polar surface area (TPSA) is 88.9 Å². The predicted octanol–water partition coefficient (Wildman–Crippen LogP) is 2.25. The molecule has 124 valence electrons. The molecule has 7 nitrogen and oxygen atoms in total. The van der Waals surface area contributed by atoms with Crippen LogP contribution < -0.4 is 10.1 Å². The van der Waals surface area contributed by atoms with E-state index in [9.17, 15) is 4.39 Å². The summed E-state index contributed by atoms with van der Waals surface area (Å²) in [5, 5.41) is 14.4. The summed E-state index contributed by atoms with van der Waals surface area (Å²) in [7, 11) is 0. The van der Waals surface area contributed by atoms with Crippen molar-refractivity contribution in [1.82, 2.24) is 25.7 Å². The van der Waals surface area contributed by atoms with Crippen LogP contribution in [0, 0.1) is 5.82 Å². The lowest BCUT2D eigenvalue weighted by Crippen LogP contribution is -2.08. The Balaban J connectivity index is 1.44. The van der Waals surface area contributed by atoms with Crippen molar-refractivity contribution in [3.8, 4) is 17.3 Å². The number of benzene rings is 1. The highest BCUT2D eigenvalue weighted by Crippen LogP contribution is 2.24. The molecule has 1 fully saturated rings. The van der Waals surface area contributed by atoms with Gasteiger partial charge in [-0.3, -0.25) is 5.10 Å². The number of rotatable bonds is 5. The summed E-state index contributed by atoms with van der Waals surface area (Å²) in [6.45, 7) is 1.97. The lowest BCUT2D eigenvalue weighted by atomic mass is 10.1. The molecule has 24 heavy (non-hydrogen) atoms. The molecule has 2 N–H and O–H groups in total. The zero-order valence-corrected chi connectivity index (χ0v) is 12.8. The molecular formula is C16H16FN5O2. The number of nitrogens with zero attached hydrogens (tertiary/aromatic N) is 3. The van der Waals surface area contributed by atoms with E-state index in [1.807, 2.05) is 6.07 Å². The first-order chi connectivity index (χ1) is 11.8. The van der Waals surface area contributed by atoms with Crippen molar-refractivity contribution in [1.29, 1.82) is 0 Å². The summed E-state index contributed by atoms with van der Waals surface area (Å²) in [5.74, 6) is 0.803. The van der Waals surface area contributed by atoms with Gasteiger partial charge in [-0.05, 0) is 31.2 Å². The van der Waals surface area contributed by atoms with Crippen molar-refractivity contribution in [2.45, 2.75) is 18.9 Å². The van der Waals surface area contributed by atoms with Gasteiger partial charge in [0.15, 0.2) is 23.9 Å². The van der Waals surface area contributed by atoms with Crippen LogP contribution in [0.4, 0.5) is 4.39 Å². The van der Waals surface area contributed by atoms with Gasteiger partial charge in [0.05, 0.1) is 0 Å². The molecule has 1 saturated heterocycles. The molecule has 4 rings (SSSR count). The summed E-state index contributed by atoms with van der Waals surface area (Å²) in [6.07, 6.45) is 1.08. The van der Waals surface area contributed by atoms with Crippen LogP contribution in [0.2, 0.25) is 0 Å². The number of ether oxygens (including phenoxy) is 1. The standard InChI is InChI=1S/C16H16FN5O2/c17-11-3-1-2-4-14(11)23-9-15-19-16(24-22-15)13-7-12(20-21-13)10-5-6-18-8-10/h1-4,7,10,18H,5-6,8-9H2,(H,20,21). The molecule has 0 amide bonds. The molecule has 0 aliphatic carbocycles. The van der Waals surface area contributed by atoms with Crippen molar-refractivity contribution in [2.75, 3.05) is 13.1 Å². The maximum Gasteiger partial charge on any atom is 0.278 e. The molecule has 0 bridgehead atoms. The number of H-pyrrole nitrogens is 1. The Morgan fingerprint density at radius 3 is 3.08 bits per heavy atom. The van der Waals surface area contributed by atoms with Crippen molar-refractivity contribution in [3.05, 3.63) is 47.7 Å². The van der Waals surface area contributed by atoms with Crippen molar-refractivity contribution in [2.24, 2.45) is 0 Å². The highest BCUT2D eigenvalue weighted by molar-refractivity contribution is 5.47. The second-order valence-corrected chi connectivity index (χ2v) is 5.63. The average molecular weight is 329 g/mol. The Morgan fingerprint density at radius 1 is 1.33 bits per heavy atom. The van der Waals surface area contributed by atoms with E-state index in [0.29, 0.717) is 23.3 Å². The number of aromatic nitrogens is 4. The Bertz CT molecular complexity index is 825. The number of hydrogen-bond acceptors (Lipinski definition) is 6. The van der Waals surface area contributed by atoms with E-state index in [-0.39, 0.29) is 12.4 Å². The van der Waals surface area contributed by atoms with E-state index < -0.39 is 5.82 Å². The fourth-order valence-electron chi connectivity index (χ4n) is 2.70. The van der Waals surface area contributed by atoms with E-state index in [1.54, 1.807) is 18.2 Å². The molecule has 0 saturated carbocycles. The lowest BCUT2D eigenvalue weighted by Gasteiger charge is -2.03. The highest BCUT2D eigenvalue weighted by atomic mass is 19.1. The van der Waals surface area contributed by atoms with E-state index >= 15 is 0 Å². The summed E-state index contributed by atoms with van der Waals surface area (Å²) >= 11 is 0. The molecule has 1 aliphatic rings. The second-order valence-electron chi connectivity index (χ2n) is 5.63. The van der Waals surface area contributed by atoms with Crippen LogP contribution in [0.25, 0.3) is 11.6 Å². The minimum Gasteiger partial charge on any atom is -0.482 e. The third kappa shape index (κ3) is 3.00. The smallest absolute Gasteiger partial charge is 0.278 e. The zero-order valence-electron chi connectivity index (χ0n) is 12.8. The minimum atomic E-state index is -0.427. The third-order valence-corrected chi connectivity index (χ3v) is 3.98. The molecule has 1 atom stereocenters. The van der Waals surface area contributed by atoms with Crippen LogP contribution in [-0.4, -0.2) is 33.4 Å². The van der Waals surface area contributed by atoms with Crippen molar-refractivity contribution in [3.63, 3.8) is 0 Å². The SMILES string of the molecule is Fc1ccccc1OCc1noc(-c2cc(C3CCNC3)[nH]n2)n1. The summed E-state index contributed by atoms with van der Waals surface area (Å²) < 4.78 is 24.1. The maximum absolute atomic E-state index is 13.5. The Hall–Kier alpha value is -2.74. The van der Waals surface area contributed by atoms with E-state index in [4.69, 9.17) is 9.26 Å². The van der Waals surface area contributed by atoms with Crippen molar-refractivity contribution >= 4 is 0 Å². The maximum atomic E-state index is 13.5. The van der Waals surface area contributed by atoms with Crippen LogP contribution >= 0.6 is 0 Å². The van der Waals surface area contributed by atoms with Gasteiger partial charge >= 0.3 is 0 Å². The first-order valence-corrected chi connectivity index (χ1v) is 7.76. The van der Waals surface area contributed by atoms with Gasteiger partial charge in [0.1, 0.15) is 0 Å². The minimum absolute atomic E-state index is 0.0221. The molecule has 1 unspecified atom stereocenters. The number of halogens is 1. The largest absolute Gasteiger partial charge is 0.482 e. The van der Waals surface area contributed by atoms with Crippen LogP contribution in [0.15, 0.2) is 34.9 Å². The summed E-state index contributed by atoms with van der Waals surface area (Å²) in [4.78, 5) is 4.24. The van der Waals surface area contributed by atoms with Gasteiger partial charge in [-0.15, -0.1) is 0 Å². The monoisotopic (exact) mass is 329 g/mol. The molecule has 1 aliphatic heterocycles.